The summed E-state index contributed by atoms with van der Waals surface area (Å²) in [5.41, 5.74) is 0.884. The molecule has 2 aromatic rings. The molecular formula is C14H15ClN4O2. The van der Waals surface area contributed by atoms with Crippen molar-refractivity contribution >= 4 is 23.4 Å². The van der Waals surface area contributed by atoms with E-state index in [2.05, 4.69) is 19.7 Å². The highest BCUT2D eigenvalue weighted by Crippen LogP contribution is 2.24. The first-order chi connectivity index (χ1) is 10.0. The van der Waals surface area contributed by atoms with E-state index in [-0.39, 0.29) is 17.0 Å². The van der Waals surface area contributed by atoms with Crippen LogP contribution >= 0.6 is 11.6 Å². The third kappa shape index (κ3) is 3.46. The van der Waals surface area contributed by atoms with Crippen LogP contribution in [0.25, 0.3) is 0 Å². The van der Waals surface area contributed by atoms with Crippen molar-refractivity contribution in [3.05, 3.63) is 47.1 Å². The summed E-state index contributed by atoms with van der Waals surface area (Å²) in [6, 6.07) is 7.24. The van der Waals surface area contributed by atoms with Gasteiger partial charge in [-0.05, 0) is 19.1 Å². The molecule has 0 saturated carbocycles. The van der Waals surface area contributed by atoms with E-state index in [9.17, 15) is 4.79 Å². The highest BCUT2D eigenvalue weighted by molar-refractivity contribution is 6.29. The van der Waals surface area contributed by atoms with Crippen molar-refractivity contribution < 1.29 is 9.53 Å². The van der Waals surface area contributed by atoms with Crippen LogP contribution in [-0.4, -0.2) is 35.1 Å². The smallest absolute Gasteiger partial charge is 0.376 e. The lowest BCUT2D eigenvalue weighted by Gasteiger charge is -2.25. The van der Waals surface area contributed by atoms with Crippen LogP contribution in [0.2, 0.25) is 5.15 Å². The number of rotatable bonds is 4. The van der Waals surface area contributed by atoms with E-state index in [1.54, 1.807) is 12.3 Å². The van der Waals surface area contributed by atoms with E-state index in [1.807, 2.05) is 37.1 Å². The predicted molar refractivity (Wildman–Crippen MR) is 79.4 cm³/mol. The molecule has 0 aliphatic heterocycles. The molecule has 0 amide bonds. The molecule has 0 N–H and O–H groups in total. The van der Waals surface area contributed by atoms with E-state index in [0.717, 1.165) is 5.69 Å². The zero-order chi connectivity index (χ0) is 15.4. The minimum absolute atomic E-state index is 0.0392. The van der Waals surface area contributed by atoms with Gasteiger partial charge in [0, 0.05) is 19.3 Å². The van der Waals surface area contributed by atoms with E-state index < -0.39 is 5.97 Å². The maximum Gasteiger partial charge on any atom is 0.376 e. The van der Waals surface area contributed by atoms with Gasteiger partial charge in [-0.25, -0.2) is 14.8 Å². The number of ether oxygens (including phenoxy) is 1. The summed E-state index contributed by atoms with van der Waals surface area (Å²) < 4.78 is 4.62. The third-order valence-electron chi connectivity index (χ3n) is 3.11. The Labute approximate surface area is 127 Å². The minimum atomic E-state index is -0.627. The van der Waals surface area contributed by atoms with Crippen molar-refractivity contribution in [1.29, 1.82) is 0 Å². The van der Waals surface area contributed by atoms with Crippen LogP contribution in [0.5, 0.6) is 0 Å². The van der Waals surface area contributed by atoms with Gasteiger partial charge < -0.3 is 9.64 Å². The Hall–Kier alpha value is -2.21. The number of pyridine rings is 1. The third-order valence-corrected chi connectivity index (χ3v) is 3.30. The fraction of sp³-hybridized carbons (Fsp3) is 0.286. The number of halogens is 1. The number of methoxy groups -OCH3 is 1. The number of carbonyl (C=O) groups excluding carboxylic acids is 1. The highest BCUT2D eigenvalue weighted by Gasteiger charge is 2.18. The summed E-state index contributed by atoms with van der Waals surface area (Å²) in [4.78, 5) is 25.8. The Morgan fingerprint density at radius 2 is 2.14 bits per heavy atom. The monoisotopic (exact) mass is 306 g/mol. The molecule has 1 unspecified atom stereocenters. The van der Waals surface area contributed by atoms with Crippen molar-refractivity contribution in [1.82, 2.24) is 15.0 Å². The van der Waals surface area contributed by atoms with E-state index in [4.69, 9.17) is 11.6 Å². The van der Waals surface area contributed by atoms with Gasteiger partial charge in [-0.3, -0.25) is 4.98 Å². The van der Waals surface area contributed by atoms with E-state index in [1.165, 1.54) is 7.11 Å². The second-order valence-corrected chi connectivity index (χ2v) is 4.79. The number of anilines is 1. The molecule has 0 aliphatic carbocycles. The largest absolute Gasteiger partial charge is 0.463 e. The summed E-state index contributed by atoms with van der Waals surface area (Å²) in [5, 5.41) is 0.181. The molecule has 2 heterocycles. The Balaban J connectivity index is 2.32. The van der Waals surface area contributed by atoms with Gasteiger partial charge in [-0.15, -0.1) is 0 Å². The lowest BCUT2D eigenvalue weighted by molar-refractivity contribution is 0.0587. The SMILES string of the molecule is COC(=O)c1nc(Cl)cc(N(C)C(C)c2ccccn2)n1. The summed E-state index contributed by atoms with van der Waals surface area (Å²) in [6.07, 6.45) is 1.73. The molecule has 2 aromatic heterocycles. The summed E-state index contributed by atoms with van der Waals surface area (Å²) >= 11 is 5.94. The zero-order valence-electron chi connectivity index (χ0n) is 11.9. The van der Waals surface area contributed by atoms with Crippen LogP contribution in [0, 0.1) is 0 Å². The Bertz CT molecular complexity index is 636. The number of hydrogen-bond acceptors (Lipinski definition) is 6. The molecule has 0 radical (unpaired) electrons. The normalized spacial score (nSPS) is 11.8. The first-order valence-corrected chi connectivity index (χ1v) is 6.67. The zero-order valence-corrected chi connectivity index (χ0v) is 12.7. The molecule has 0 aliphatic rings. The number of nitrogens with zero attached hydrogens (tertiary/aromatic N) is 4. The fourth-order valence-electron chi connectivity index (χ4n) is 1.79. The molecule has 0 bridgehead atoms. The van der Waals surface area contributed by atoms with Gasteiger partial charge in [0.2, 0.25) is 5.82 Å². The van der Waals surface area contributed by atoms with Crippen LogP contribution in [-0.2, 0) is 4.74 Å². The average molecular weight is 307 g/mol. The van der Waals surface area contributed by atoms with Gasteiger partial charge in [-0.1, -0.05) is 17.7 Å². The quantitative estimate of drug-likeness (QED) is 0.638. The van der Waals surface area contributed by atoms with E-state index >= 15 is 0 Å². The second-order valence-electron chi connectivity index (χ2n) is 4.41. The molecule has 2 rings (SSSR count). The lowest BCUT2D eigenvalue weighted by Crippen LogP contribution is -2.24. The second kappa shape index (κ2) is 6.49. The first kappa shape index (κ1) is 15.2. The maximum atomic E-state index is 11.5. The van der Waals surface area contributed by atoms with Gasteiger partial charge in [0.25, 0.3) is 0 Å². The van der Waals surface area contributed by atoms with Gasteiger partial charge in [0.1, 0.15) is 11.0 Å². The lowest BCUT2D eigenvalue weighted by atomic mass is 10.2. The van der Waals surface area contributed by atoms with Crippen molar-refractivity contribution in [2.45, 2.75) is 13.0 Å². The maximum absolute atomic E-state index is 11.5. The molecule has 0 saturated heterocycles. The Kier molecular flexibility index (Phi) is 4.70. The molecule has 0 aromatic carbocycles. The van der Waals surface area contributed by atoms with Gasteiger partial charge in [-0.2, -0.15) is 0 Å². The fourth-order valence-corrected chi connectivity index (χ4v) is 1.97. The molecule has 0 fully saturated rings. The first-order valence-electron chi connectivity index (χ1n) is 6.29. The molecule has 1 atom stereocenters. The van der Waals surface area contributed by atoms with E-state index in [0.29, 0.717) is 5.82 Å². The van der Waals surface area contributed by atoms with Crippen molar-refractivity contribution in [3.8, 4) is 0 Å². The molecule has 0 spiro atoms. The number of esters is 1. The van der Waals surface area contributed by atoms with Gasteiger partial charge in [0.05, 0.1) is 18.8 Å². The van der Waals surface area contributed by atoms with Crippen molar-refractivity contribution in [3.63, 3.8) is 0 Å². The summed E-state index contributed by atoms with van der Waals surface area (Å²) in [5.74, 6) is -0.175. The van der Waals surface area contributed by atoms with Crippen LogP contribution in [0.1, 0.15) is 29.3 Å². The predicted octanol–water partition coefficient (Wildman–Crippen LogP) is 2.51. The number of carbonyl (C=O) groups is 1. The highest BCUT2D eigenvalue weighted by atomic mass is 35.5. The van der Waals surface area contributed by atoms with Crippen molar-refractivity contribution in [2.24, 2.45) is 0 Å². The molecule has 6 nitrogen and oxygen atoms in total. The molecule has 21 heavy (non-hydrogen) atoms. The van der Waals surface area contributed by atoms with Crippen LogP contribution in [0.15, 0.2) is 30.5 Å². The number of hydrogen-bond donors (Lipinski definition) is 0. The standard InChI is InChI=1S/C14H15ClN4O2/c1-9(10-6-4-5-7-16-10)19(2)12-8-11(15)17-13(18-12)14(20)21-3/h4-9H,1-3H3. The minimum Gasteiger partial charge on any atom is -0.463 e. The summed E-state index contributed by atoms with van der Waals surface area (Å²) in [6.45, 7) is 1.98. The van der Waals surface area contributed by atoms with Crippen LogP contribution in [0.4, 0.5) is 5.82 Å². The average Bonchev–Trinajstić information content (AvgIpc) is 2.52. The molecule has 110 valence electrons. The summed E-state index contributed by atoms with van der Waals surface area (Å²) in [7, 11) is 3.12. The van der Waals surface area contributed by atoms with Crippen LogP contribution < -0.4 is 4.90 Å². The molecule has 7 heteroatoms. The van der Waals surface area contributed by atoms with Crippen LogP contribution in [0.3, 0.4) is 0 Å². The Morgan fingerprint density at radius 1 is 1.38 bits per heavy atom. The van der Waals surface area contributed by atoms with Gasteiger partial charge >= 0.3 is 5.97 Å². The van der Waals surface area contributed by atoms with Crippen molar-refractivity contribution in [2.75, 3.05) is 19.1 Å². The van der Waals surface area contributed by atoms with Gasteiger partial charge in [0.15, 0.2) is 0 Å². The Morgan fingerprint density at radius 3 is 2.76 bits per heavy atom. The number of aromatic nitrogens is 3. The molecular weight excluding hydrogens is 292 g/mol. The topological polar surface area (TPSA) is 68.2 Å².